The van der Waals surface area contributed by atoms with Crippen LogP contribution in [0.4, 0.5) is 0 Å². The van der Waals surface area contributed by atoms with E-state index in [1.165, 1.54) is 10.3 Å². The van der Waals surface area contributed by atoms with Crippen molar-refractivity contribution in [2.75, 3.05) is 19.8 Å². The lowest BCUT2D eigenvalue weighted by Gasteiger charge is -2.30. The molecule has 0 amide bonds. The molecule has 0 spiro atoms. The molecule has 0 N–H and O–H groups in total. The molecule has 0 aliphatic carbocycles. The van der Waals surface area contributed by atoms with E-state index in [-0.39, 0.29) is 0 Å². The summed E-state index contributed by atoms with van der Waals surface area (Å²) >= 11 is 1.74. The van der Waals surface area contributed by atoms with E-state index in [0.717, 1.165) is 19.9 Å². The van der Waals surface area contributed by atoms with Crippen LogP contribution in [-0.4, -0.2) is 33.6 Å². The molecule has 0 unspecified atom stereocenters. The van der Waals surface area contributed by atoms with E-state index in [1.54, 1.807) is 91.9 Å². The molecule has 0 bridgehead atoms. The topological polar surface area (TPSA) is 40.6 Å². The lowest BCUT2D eigenvalue weighted by atomic mass is 10.2. The summed E-state index contributed by atoms with van der Waals surface area (Å²) in [5, 5.41) is 1.06. The van der Waals surface area contributed by atoms with Gasteiger partial charge in [0.15, 0.2) is 4.34 Å². The van der Waals surface area contributed by atoms with Crippen molar-refractivity contribution >= 4 is 116 Å². The van der Waals surface area contributed by atoms with Crippen LogP contribution in [0.15, 0.2) is 51.7 Å². The molecule has 0 saturated carbocycles. The molecule has 186 valence electrons. The first-order chi connectivity index (χ1) is 16.6. The molecule has 0 atom stereocenters. The summed E-state index contributed by atoms with van der Waals surface area (Å²) in [6, 6.07) is 14.7. The minimum absolute atomic E-state index is 0.558. The van der Waals surface area contributed by atoms with Gasteiger partial charge in [0.1, 0.15) is 0 Å². The number of aromatic nitrogens is 1. The van der Waals surface area contributed by atoms with Crippen LogP contribution in [0.1, 0.15) is 26.3 Å². The summed E-state index contributed by atoms with van der Waals surface area (Å²) in [7, 11) is 11.1. The zero-order chi connectivity index (χ0) is 24.2. The van der Waals surface area contributed by atoms with Crippen molar-refractivity contribution in [1.29, 1.82) is 0 Å². The van der Waals surface area contributed by atoms with Crippen LogP contribution in [0.2, 0.25) is 0 Å². The number of hydrogen-bond donors (Lipinski definition) is 0. The summed E-state index contributed by atoms with van der Waals surface area (Å²) in [4.78, 5) is 5.80. The van der Waals surface area contributed by atoms with Gasteiger partial charge in [-0.2, -0.15) is 0 Å². The highest BCUT2D eigenvalue weighted by molar-refractivity contribution is 9.48. The zero-order valence-electron chi connectivity index (χ0n) is 19.0. The maximum absolute atomic E-state index is 6.16. The smallest absolute Gasteiger partial charge is 0.370 e. The molecule has 0 aliphatic heterocycles. The first kappa shape index (κ1) is 29.8. The first-order valence-electron chi connectivity index (χ1n) is 10.3. The average molecular weight is 644 g/mol. The Morgan fingerprint density at radius 3 is 2.06 bits per heavy atom. The number of aryl methyl sites for hydroxylation is 1. The first-order valence-corrected chi connectivity index (χ1v) is 23.0. The number of rotatable bonds is 16. The molecule has 2 aromatic carbocycles. The van der Waals surface area contributed by atoms with E-state index in [4.69, 9.17) is 13.3 Å². The fourth-order valence-corrected chi connectivity index (χ4v) is 24.3. The van der Waals surface area contributed by atoms with Crippen molar-refractivity contribution in [3.63, 3.8) is 0 Å². The largest absolute Gasteiger partial charge is 0.538 e. The quantitative estimate of drug-likeness (QED) is 0.0848. The maximum atomic E-state index is 6.16. The van der Waals surface area contributed by atoms with Crippen molar-refractivity contribution in [3.05, 3.63) is 48.0 Å². The van der Waals surface area contributed by atoms with Crippen molar-refractivity contribution in [1.82, 2.24) is 4.98 Å². The van der Waals surface area contributed by atoms with Gasteiger partial charge in [0, 0.05) is 29.9 Å². The molecule has 3 aromatic rings. The molecule has 0 radical (unpaired) electrons. The predicted molar refractivity (Wildman–Crippen MR) is 168 cm³/mol. The van der Waals surface area contributed by atoms with Gasteiger partial charge in [-0.15, -0.1) is 11.3 Å². The third-order valence-corrected chi connectivity index (χ3v) is 23.7. The Kier molecular flexibility index (Phi) is 14.2. The highest BCUT2D eigenvalue weighted by Gasteiger charge is 2.45. The molecule has 1 heterocycles. The van der Waals surface area contributed by atoms with Gasteiger partial charge < -0.3 is 13.3 Å². The molecule has 4 nitrogen and oxygen atoms in total. The van der Waals surface area contributed by atoms with E-state index in [9.17, 15) is 0 Å². The predicted octanol–water partition coefficient (Wildman–Crippen LogP) is 9.55. The fourth-order valence-electron chi connectivity index (χ4n) is 2.91. The van der Waals surface area contributed by atoms with Crippen LogP contribution >= 0.6 is 91.9 Å². The number of benzene rings is 2. The highest BCUT2D eigenvalue weighted by Crippen LogP contribution is 2.59. The summed E-state index contributed by atoms with van der Waals surface area (Å²) in [6.45, 7) is 9.74. The lowest BCUT2D eigenvalue weighted by molar-refractivity contribution is 0.0854. The summed E-state index contributed by atoms with van der Waals surface area (Å²) < 4.78 is 20.8. The number of fused-ring (bicyclic) bond motifs is 1. The second kappa shape index (κ2) is 16.2. The third kappa shape index (κ3) is 8.91. The standard InChI is InChI=1S/C20H25NO3S9Si/c1-5-22-34(23-6-2,24-7-3)19-14-15(4)12-13-18(19)26-28-30-32-33-31-29-27-20-21-16-10-8-9-11-17(16)25-20/h8-14H,5-7H2,1-4H3. The van der Waals surface area contributed by atoms with Crippen molar-refractivity contribution in [2.24, 2.45) is 0 Å². The maximum Gasteiger partial charge on any atom is 0.538 e. The van der Waals surface area contributed by atoms with E-state index >= 15 is 0 Å². The van der Waals surface area contributed by atoms with Gasteiger partial charge in [-0.05, 0) is 126 Å². The lowest BCUT2D eigenvalue weighted by Crippen LogP contribution is -2.57. The Morgan fingerprint density at radius 1 is 0.794 bits per heavy atom. The van der Waals surface area contributed by atoms with Crippen molar-refractivity contribution < 1.29 is 13.3 Å². The van der Waals surface area contributed by atoms with Crippen LogP contribution in [0.5, 0.6) is 0 Å². The molecular weight excluding hydrogens is 619 g/mol. The van der Waals surface area contributed by atoms with Gasteiger partial charge in [-0.1, -0.05) is 29.8 Å². The van der Waals surface area contributed by atoms with Crippen LogP contribution < -0.4 is 5.19 Å². The second-order valence-electron chi connectivity index (χ2n) is 6.38. The van der Waals surface area contributed by atoms with E-state index < -0.39 is 8.80 Å². The summed E-state index contributed by atoms with van der Waals surface area (Å²) in [5.74, 6) is 0. The normalized spacial score (nSPS) is 12.0. The van der Waals surface area contributed by atoms with Gasteiger partial charge in [-0.25, -0.2) is 4.98 Å². The minimum atomic E-state index is -2.95. The SMILES string of the molecule is CCO[Si](OCC)(OCC)c1cc(C)ccc1SSSSSSSSc1nc2ccccc2s1. The van der Waals surface area contributed by atoms with Gasteiger partial charge in [0.25, 0.3) is 0 Å². The Morgan fingerprint density at radius 2 is 1.41 bits per heavy atom. The number of para-hydroxylation sites is 1. The molecular formula is C20H25NO3S9Si. The molecule has 0 saturated heterocycles. The molecule has 0 aliphatic rings. The van der Waals surface area contributed by atoms with E-state index in [0.29, 0.717) is 19.8 Å². The fraction of sp³-hybridized carbons (Fsp3) is 0.350. The van der Waals surface area contributed by atoms with Gasteiger partial charge in [-0.3, -0.25) is 0 Å². The van der Waals surface area contributed by atoms with E-state index in [2.05, 4.69) is 48.3 Å². The second-order valence-corrected chi connectivity index (χ2v) is 23.0. The monoisotopic (exact) mass is 643 g/mol. The van der Waals surface area contributed by atoms with E-state index in [1.807, 2.05) is 26.8 Å². The molecule has 34 heavy (non-hydrogen) atoms. The minimum Gasteiger partial charge on any atom is -0.370 e. The van der Waals surface area contributed by atoms with Crippen molar-refractivity contribution in [2.45, 2.75) is 36.9 Å². The molecule has 14 heteroatoms. The Balaban J connectivity index is 1.46. The number of nitrogens with zero attached hydrogens (tertiary/aromatic N) is 1. The van der Waals surface area contributed by atoms with Crippen LogP contribution in [0.3, 0.4) is 0 Å². The van der Waals surface area contributed by atoms with Crippen LogP contribution in [0.25, 0.3) is 10.2 Å². The van der Waals surface area contributed by atoms with Gasteiger partial charge in [0.2, 0.25) is 0 Å². The zero-order valence-corrected chi connectivity index (χ0v) is 27.4. The average Bonchev–Trinajstić information content (AvgIpc) is 3.25. The van der Waals surface area contributed by atoms with Crippen LogP contribution in [-0.2, 0) is 13.3 Å². The number of hydrogen-bond acceptors (Lipinski definition) is 13. The Hall–Kier alpha value is 1.23. The molecule has 3 rings (SSSR count). The molecule has 1 aromatic heterocycles. The van der Waals surface area contributed by atoms with Crippen molar-refractivity contribution in [3.8, 4) is 0 Å². The van der Waals surface area contributed by atoms with Gasteiger partial charge >= 0.3 is 8.80 Å². The number of thiazole rings is 1. The third-order valence-electron chi connectivity index (χ3n) is 4.11. The Bertz CT molecular complexity index is 976. The molecule has 0 fully saturated rings. The summed E-state index contributed by atoms with van der Waals surface area (Å²) in [6.07, 6.45) is 0. The highest BCUT2D eigenvalue weighted by atomic mass is 34.0. The van der Waals surface area contributed by atoms with Gasteiger partial charge in [0.05, 0.1) is 10.2 Å². The van der Waals surface area contributed by atoms with Crippen LogP contribution in [0, 0.1) is 6.92 Å². The summed E-state index contributed by atoms with van der Waals surface area (Å²) in [5.41, 5.74) is 2.25. The Labute approximate surface area is 236 Å².